The molecule has 0 atom stereocenters. The van der Waals surface area contributed by atoms with Crippen LogP contribution in [0.25, 0.3) is 11.3 Å². The highest BCUT2D eigenvalue weighted by molar-refractivity contribution is 7.71. The molecule has 0 aliphatic carbocycles. The number of hydrogen-bond donors (Lipinski definition) is 1. The molecule has 0 fully saturated rings. The Morgan fingerprint density at radius 1 is 1.57 bits per heavy atom. The summed E-state index contributed by atoms with van der Waals surface area (Å²) >= 11 is 5.12. The van der Waals surface area contributed by atoms with Gasteiger partial charge >= 0.3 is 0 Å². The van der Waals surface area contributed by atoms with E-state index in [4.69, 9.17) is 12.2 Å². The average molecular weight is 206 g/mol. The lowest BCUT2D eigenvalue weighted by Gasteiger charge is -1.95. The summed E-state index contributed by atoms with van der Waals surface area (Å²) in [6.07, 6.45) is 7.12. The van der Waals surface area contributed by atoms with Crippen molar-refractivity contribution in [3.8, 4) is 11.3 Å². The summed E-state index contributed by atoms with van der Waals surface area (Å²) in [6, 6.07) is 0. The van der Waals surface area contributed by atoms with Crippen LogP contribution in [-0.2, 0) is 6.54 Å². The van der Waals surface area contributed by atoms with Crippen molar-refractivity contribution >= 4 is 12.2 Å². The number of nitrogens with one attached hydrogen (secondary N) is 1. The van der Waals surface area contributed by atoms with Gasteiger partial charge in [0.25, 0.3) is 0 Å². The van der Waals surface area contributed by atoms with Gasteiger partial charge in [-0.15, -0.1) is 0 Å². The van der Waals surface area contributed by atoms with Gasteiger partial charge in [0.15, 0.2) is 0 Å². The van der Waals surface area contributed by atoms with E-state index in [9.17, 15) is 0 Å². The summed E-state index contributed by atoms with van der Waals surface area (Å²) in [6.45, 7) is 2.89. The molecule has 0 radical (unpaired) electrons. The topological polar surface area (TPSA) is 46.5 Å². The molecule has 0 spiro atoms. The molecule has 2 aromatic rings. The Bertz CT molecular complexity index is 485. The van der Waals surface area contributed by atoms with Crippen LogP contribution in [0.3, 0.4) is 0 Å². The molecule has 2 aromatic heterocycles. The summed E-state index contributed by atoms with van der Waals surface area (Å²) in [5.74, 6) is 0. The van der Waals surface area contributed by atoms with E-state index in [1.165, 1.54) is 0 Å². The number of hydrogen-bond acceptors (Lipinski definition) is 3. The maximum Gasteiger partial charge on any atom is 0.130 e. The van der Waals surface area contributed by atoms with Gasteiger partial charge in [-0.25, -0.2) is 0 Å². The first-order valence-corrected chi connectivity index (χ1v) is 4.78. The molecule has 0 aliphatic rings. The van der Waals surface area contributed by atoms with Gasteiger partial charge in [-0.3, -0.25) is 9.67 Å². The smallest absolute Gasteiger partial charge is 0.130 e. The summed E-state index contributed by atoms with van der Waals surface area (Å²) in [4.78, 5) is 7.15. The van der Waals surface area contributed by atoms with E-state index in [1.54, 1.807) is 18.6 Å². The van der Waals surface area contributed by atoms with Crippen LogP contribution in [0.5, 0.6) is 0 Å². The van der Waals surface area contributed by atoms with Crippen LogP contribution < -0.4 is 0 Å². The lowest BCUT2D eigenvalue weighted by Crippen LogP contribution is -1.92. The minimum atomic E-state index is 0.642. The lowest BCUT2D eigenvalue weighted by molar-refractivity contribution is 0.660. The van der Waals surface area contributed by atoms with Crippen molar-refractivity contribution in [1.29, 1.82) is 0 Å². The Morgan fingerprint density at radius 2 is 2.43 bits per heavy atom. The zero-order chi connectivity index (χ0) is 9.97. The fourth-order valence-corrected chi connectivity index (χ4v) is 1.45. The van der Waals surface area contributed by atoms with Gasteiger partial charge in [-0.1, -0.05) is 12.2 Å². The van der Waals surface area contributed by atoms with Gasteiger partial charge in [0.05, 0.1) is 6.20 Å². The Morgan fingerprint density at radius 3 is 3.07 bits per heavy atom. The largest absolute Gasteiger partial charge is 0.350 e. The molecule has 0 bridgehead atoms. The molecular formula is C9H10N4S. The first-order valence-electron chi connectivity index (χ1n) is 4.38. The predicted octanol–water partition coefficient (Wildman–Crippen LogP) is 2.02. The van der Waals surface area contributed by atoms with Gasteiger partial charge in [0, 0.05) is 30.7 Å². The second kappa shape index (κ2) is 3.71. The Hall–Kier alpha value is -1.49. The molecule has 72 valence electrons. The fraction of sp³-hybridized carbons (Fsp3) is 0.222. The zero-order valence-corrected chi connectivity index (χ0v) is 8.58. The average Bonchev–Trinajstić information content (AvgIpc) is 2.67. The van der Waals surface area contributed by atoms with Crippen molar-refractivity contribution in [3.05, 3.63) is 29.4 Å². The van der Waals surface area contributed by atoms with Gasteiger partial charge in [0.1, 0.15) is 10.3 Å². The highest BCUT2D eigenvalue weighted by Gasteiger charge is 2.03. The summed E-state index contributed by atoms with van der Waals surface area (Å²) in [5, 5.41) is 4.17. The van der Waals surface area contributed by atoms with E-state index in [-0.39, 0.29) is 0 Å². The van der Waals surface area contributed by atoms with Crippen molar-refractivity contribution in [2.24, 2.45) is 0 Å². The fourth-order valence-electron chi connectivity index (χ4n) is 1.22. The minimum absolute atomic E-state index is 0.642. The van der Waals surface area contributed by atoms with Crippen LogP contribution >= 0.6 is 12.2 Å². The van der Waals surface area contributed by atoms with Crippen LogP contribution in [0, 0.1) is 4.64 Å². The normalized spacial score (nSPS) is 10.4. The van der Waals surface area contributed by atoms with Gasteiger partial charge in [-0.05, 0) is 6.92 Å². The second-order valence-electron chi connectivity index (χ2n) is 2.85. The van der Waals surface area contributed by atoms with Crippen molar-refractivity contribution < 1.29 is 0 Å². The van der Waals surface area contributed by atoms with Gasteiger partial charge in [0.2, 0.25) is 0 Å². The van der Waals surface area contributed by atoms with E-state index in [0.29, 0.717) is 4.64 Å². The maximum absolute atomic E-state index is 5.12. The van der Waals surface area contributed by atoms with E-state index in [0.717, 1.165) is 17.8 Å². The molecule has 2 heterocycles. The van der Waals surface area contributed by atoms with Gasteiger partial charge in [-0.2, -0.15) is 5.10 Å². The molecule has 5 heteroatoms. The number of aryl methyl sites for hydroxylation is 1. The Balaban J connectivity index is 2.50. The first-order chi connectivity index (χ1) is 6.81. The molecule has 0 aromatic carbocycles. The molecular weight excluding hydrogens is 196 g/mol. The molecule has 1 N–H and O–H groups in total. The van der Waals surface area contributed by atoms with E-state index in [1.807, 2.05) is 17.8 Å². The molecule has 0 saturated heterocycles. The number of H-pyrrole nitrogens is 1. The summed E-state index contributed by atoms with van der Waals surface area (Å²) in [5.41, 5.74) is 1.73. The summed E-state index contributed by atoms with van der Waals surface area (Å²) in [7, 11) is 0. The van der Waals surface area contributed by atoms with Crippen molar-refractivity contribution in [2.45, 2.75) is 13.5 Å². The molecule has 0 saturated carbocycles. The van der Waals surface area contributed by atoms with Crippen molar-refractivity contribution in [1.82, 2.24) is 19.7 Å². The third-order valence-corrected chi connectivity index (χ3v) is 2.25. The Kier molecular flexibility index (Phi) is 2.41. The molecule has 0 aliphatic heterocycles. The monoisotopic (exact) mass is 206 g/mol. The highest BCUT2D eigenvalue weighted by Crippen LogP contribution is 2.15. The first kappa shape index (κ1) is 9.08. The van der Waals surface area contributed by atoms with Crippen LogP contribution in [0.2, 0.25) is 0 Å². The van der Waals surface area contributed by atoms with E-state index >= 15 is 0 Å². The van der Waals surface area contributed by atoms with Crippen LogP contribution in [0.4, 0.5) is 0 Å². The molecule has 0 amide bonds. The SMILES string of the molecule is CCn1cc(-c2ncc[nH]c2=S)cn1. The minimum Gasteiger partial charge on any atom is -0.350 e. The van der Waals surface area contributed by atoms with Crippen LogP contribution in [-0.4, -0.2) is 19.7 Å². The quantitative estimate of drug-likeness (QED) is 0.765. The van der Waals surface area contributed by atoms with Gasteiger partial charge < -0.3 is 4.98 Å². The maximum atomic E-state index is 5.12. The second-order valence-corrected chi connectivity index (χ2v) is 3.26. The van der Waals surface area contributed by atoms with Crippen LogP contribution in [0.1, 0.15) is 6.92 Å². The van der Waals surface area contributed by atoms with E-state index in [2.05, 4.69) is 15.1 Å². The molecule has 4 nitrogen and oxygen atoms in total. The van der Waals surface area contributed by atoms with Crippen molar-refractivity contribution in [3.63, 3.8) is 0 Å². The number of aromatic amines is 1. The van der Waals surface area contributed by atoms with Crippen molar-refractivity contribution in [2.75, 3.05) is 0 Å². The van der Waals surface area contributed by atoms with E-state index < -0.39 is 0 Å². The third kappa shape index (κ3) is 1.58. The Labute approximate surface area is 86.6 Å². The molecule has 0 unspecified atom stereocenters. The number of rotatable bonds is 2. The third-order valence-electron chi connectivity index (χ3n) is 1.94. The summed E-state index contributed by atoms with van der Waals surface area (Å²) < 4.78 is 2.49. The zero-order valence-electron chi connectivity index (χ0n) is 7.77. The predicted molar refractivity (Wildman–Crippen MR) is 56.3 cm³/mol. The number of aromatic nitrogens is 4. The lowest BCUT2D eigenvalue weighted by atomic mass is 10.3. The molecule has 14 heavy (non-hydrogen) atoms. The highest BCUT2D eigenvalue weighted by atomic mass is 32.1. The number of nitrogens with zero attached hydrogens (tertiary/aromatic N) is 3. The van der Waals surface area contributed by atoms with Crippen LogP contribution in [0.15, 0.2) is 24.8 Å². The molecule has 2 rings (SSSR count). The standard InChI is InChI=1S/C9H10N4S/c1-2-13-6-7(5-12-13)8-9(14)11-4-3-10-8/h3-6H,2H2,1H3,(H,11,14).